The number of nitrogens with two attached hydrogens (primary N) is 1. The minimum absolute atomic E-state index is 0. The van der Waals surface area contributed by atoms with E-state index in [0.717, 1.165) is 24.8 Å². The lowest BCUT2D eigenvalue weighted by Crippen LogP contribution is -2.34. The van der Waals surface area contributed by atoms with Crippen LogP contribution in [0.3, 0.4) is 0 Å². The zero-order chi connectivity index (χ0) is 13.2. The molecule has 6 heteroatoms. The molecule has 20 heavy (non-hydrogen) atoms. The van der Waals surface area contributed by atoms with Crippen LogP contribution in [0.5, 0.6) is 0 Å². The van der Waals surface area contributed by atoms with Gasteiger partial charge in [-0.15, -0.1) is 12.4 Å². The Balaban J connectivity index is 0.00000147. The van der Waals surface area contributed by atoms with E-state index in [1.807, 2.05) is 12.1 Å². The third-order valence-electron chi connectivity index (χ3n) is 3.55. The summed E-state index contributed by atoms with van der Waals surface area (Å²) in [5.74, 6) is -0.0924. The highest BCUT2D eigenvalue weighted by Crippen LogP contribution is 2.19. The molecule has 2 aromatic rings. The number of amides is 1. The Labute approximate surface area is 123 Å². The van der Waals surface area contributed by atoms with Crippen molar-refractivity contribution in [1.82, 2.24) is 15.3 Å². The molecule has 3 rings (SSSR count). The van der Waals surface area contributed by atoms with Crippen molar-refractivity contribution >= 4 is 29.3 Å². The first-order valence-corrected chi connectivity index (χ1v) is 6.50. The van der Waals surface area contributed by atoms with Crippen molar-refractivity contribution < 1.29 is 4.79 Å². The molecule has 3 N–H and O–H groups in total. The van der Waals surface area contributed by atoms with Gasteiger partial charge in [0.05, 0.1) is 11.1 Å². The fourth-order valence-electron chi connectivity index (χ4n) is 2.59. The van der Waals surface area contributed by atoms with E-state index in [1.54, 1.807) is 18.5 Å². The van der Waals surface area contributed by atoms with Gasteiger partial charge in [-0.05, 0) is 31.4 Å². The number of hydrogen-bond donors (Lipinski definition) is 2. The molecule has 0 radical (unpaired) electrons. The summed E-state index contributed by atoms with van der Waals surface area (Å²) < 4.78 is 0. The molecule has 2 atom stereocenters. The van der Waals surface area contributed by atoms with Gasteiger partial charge in [-0.3, -0.25) is 14.8 Å². The fourth-order valence-corrected chi connectivity index (χ4v) is 2.59. The molecule has 5 nitrogen and oxygen atoms in total. The highest BCUT2D eigenvalue weighted by atomic mass is 35.5. The van der Waals surface area contributed by atoms with Gasteiger partial charge in [0.25, 0.3) is 5.91 Å². The topological polar surface area (TPSA) is 80.9 Å². The fraction of sp³-hybridized carbons (Fsp3) is 0.357. The standard InChI is InChI=1S/C14H16N4O.ClH/c15-9-4-5-10(8-9)18-14(19)11-2-1-3-12-13(11)17-7-6-16-12;/h1-3,6-7,9-10H,4-5,8,15H2,(H,18,19);1H/t9-,10-;/m1./s1. The van der Waals surface area contributed by atoms with E-state index in [2.05, 4.69) is 15.3 Å². The molecule has 1 saturated carbocycles. The van der Waals surface area contributed by atoms with Crippen LogP contribution in [0, 0.1) is 0 Å². The van der Waals surface area contributed by atoms with E-state index in [4.69, 9.17) is 5.73 Å². The number of fused-ring (bicyclic) bond motifs is 1. The predicted molar refractivity (Wildman–Crippen MR) is 79.9 cm³/mol. The largest absolute Gasteiger partial charge is 0.349 e. The first kappa shape index (κ1) is 14.7. The normalized spacial score (nSPS) is 21.4. The molecule has 0 spiro atoms. The van der Waals surface area contributed by atoms with Crippen molar-refractivity contribution in [3.8, 4) is 0 Å². The van der Waals surface area contributed by atoms with Gasteiger partial charge >= 0.3 is 0 Å². The number of aromatic nitrogens is 2. The summed E-state index contributed by atoms with van der Waals surface area (Å²) in [6, 6.07) is 5.84. The quantitative estimate of drug-likeness (QED) is 0.882. The van der Waals surface area contributed by atoms with E-state index < -0.39 is 0 Å². The molecule has 0 bridgehead atoms. The van der Waals surface area contributed by atoms with Crippen LogP contribution >= 0.6 is 12.4 Å². The van der Waals surface area contributed by atoms with Crippen LogP contribution in [-0.2, 0) is 0 Å². The van der Waals surface area contributed by atoms with Crippen molar-refractivity contribution in [3.63, 3.8) is 0 Å². The molecule has 0 unspecified atom stereocenters. The lowest BCUT2D eigenvalue weighted by Gasteiger charge is -2.13. The highest BCUT2D eigenvalue weighted by molar-refractivity contribution is 6.04. The van der Waals surface area contributed by atoms with Crippen LogP contribution in [0.25, 0.3) is 11.0 Å². The van der Waals surface area contributed by atoms with Gasteiger partial charge in [-0.1, -0.05) is 6.07 Å². The maximum Gasteiger partial charge on any atom is 0.253 e. The lowest BCUT2D eigenvalue weighted by atomic mass is 10.1. The van der Waals surface area contributed by atoms with Crippen molar-refractivity contribution in [1.29, 1.82) is 0 Å². The number of carbonyl (C=O) groups is 1. The first-order chi connectivity index (χ1) is 9.24. The molecule has 1 fully saturated rings. The van der Waals surface area contributed by atoms with Gasteiger partial charge in [0.15, 0.2) is 0 Å². The molecule has 1 aromatic carbocycles. The molecule has 1 amide bonds. The molecule has 0 saturated heterocycles. The van der Waals surface area contributed by atoms with Crippen LogP contribution in [0.15, 0.2) is 30.6 Å². The predicted octanol–water partition coefficient (Wildman–Crippen LogP) is 1.66. The summed E-state index contributed by atoms with van der Waals surface area (Å²) in [6.45, 7) is 0. The minimum atomic E-state index is -0.0924. The molecular formula is C14H17ClN4O. The maximum absolute atomic E-state index is 12.3. The Kier molecular flexibility index (Phi) is 4.52. The van der Waals surface area contributed by atoms with E-state index >= 15 is 0 Å². The van der Waals surface area contributed by atoms with Crippen molar-refractivity contribution in [2.24, 2.45) is 5.73 Å². The van der Waals surface area contributed by atoms with Gasteiger partial charge in [0.1, 0.15) is 5.52 Å². The SMILES string of the molecule is Cl.N[C@@H]1CC[C@@H](NC(=O)c2cccc3nccnc23)C1. The summed E-state index contributed by atoms with van der Waals surface area (Å²) in [5, 5.41) is 3.03. The third kappa shape index (κ3) is 2.89. The van der Waals surface area contributed by atoms with Crippen LogP contribution in [0.2, 0.25) is 0 Å². The summed E-state index contributed by atoms with van der Waals surface area (Å²) in [6.07, 6.45) is 6.00. The van der Waals surface area contributed by atoms with Crippen molar-refractivity contribution in [2.75, 3.05) is 0 Å². The number of nitrogens with one attached hydrogen (secondary N) is 1. The van der Waals surface area contributed by atoms with Gasteiger partial charge < -0.3 is 11.1 Å². The van der Waals surface area contributed by atoms with Crippen LogP contribution in [-0.4, -0.2) is 28.0 Å². The van der Waals surface area contributed by atoms with E-state index in [1.165, 1.54) is 0 Å². The lowest BCUT2D eigenvalue weighted by molar-refractivity contribution is 0.0939. The van der Waals surface area contributed by atoms with Gasteiger partial charge in [0, 0.05) is 24.5 Å². The Morgan fingerprint density at radius 3 is 2.80 bits per heavy atom. The highest BCUT2D eigenvalue weighted by Gasteiger charge is 2.24. The second kappa shape index (κ2) is 6.15. The minimum Gasteiger partial charge on any atom is -0.349 e. The van der Waals surface area contributed by atoms with Crippen molar-refractivity contribution in [3.05, 3.63) is 36.2 Å². The smallest absolute Gasteiger partial charge is 0.253 e. The monoisotopic (exact) mass is 292 g/mol. The van der Waals surface area contributed by atoms with E-state index in [0.29, 0.717) is 11.1 Å². The average molecular weight is 293 g/mol. The van der Waals surface area contributed by atoms with Gasteiger partial charge in [-0.25, -0.2) is 0 Å². The molecular weight excluding hydrogens is 276 g/mol. The molecule has 106 valence electrons. The second-order valence-corrected chi connectivity index (χ2v) is 4.97. The van der Waals surface area contributed by atoms with Gasteiger partial charge in [0.2, 0.25) is 0 Å². The molecule has 1 aliphatic rings. The Morgan fingerprint density at radius 1 is 1.25 bits per heavy atom. The van der Waals surface area contributed by atoms with Crippen LogP contribution < -0.4 is 11.1 Å². The second-order valence-electron chi connectivity index (χ2n) is 4.97. The number of nitrogens with zero attached hydrogens (tertiary/aromatic N) is 2. The van der Waals surface area contributed by atoms with Crippen LogP contribution in [0.4, 0.5) is 0 Å². The molecule has 1 heterocycles. The van der Waals surface area contributed by atoms with E-state index in [9.17, 15) is 4.79 Å². The molecule has 1 aromatic heterocycles. The summed E-state index contributed by atoms with van der Waals surface area (Å²) >= 11 is 0. The van der Waals surface area contributed by atoms with E-state index in [-0.39, 0.29) is 30.4 Å². The Bertz CT molecular complexity index is 614. The average Bonchev–Trinajstić information content (AvgIpc) is 2.83. The van der Waals surface area contributed by atoms with Crippen LogP contribution in [0.1, 0.15) is 29.6 Å². The Morgan fingerprint density at radius 2 is 2.05 bits per heavy atom. The number of rotatable bonds is 2. The number of carbonyl (C=O) groups excluding carboxylic acids is 1. The molecule has 1 aliphatic carbocycles. The summed E-state index contributed by atoms with van der Waals surface area (Å²) in [4.78, 5) is 20.8. The number of para-hydroxylation sites is 1. The van der Waals surface area contributed by atoms with Crippen molar-refractivity contribution in [2.45, 2.75) is 31.3 Å². The summed E-state index contributed by atoms with van der Waals surface area (Å²) in [7, 11) is 0. The zero-order valence-corrected chi connectivity index (χ0v) is 11.8. The number of hydrogen-bond acceptors (Lipinski definition) is 4. The zero-order valence-electron chi connectivity index (χ0n) is 11.0. The van der Waals surface area contributed by atoms with Gasteiger partial charge in [-0.2, -0.15) is 0 Å². The third-order valence-corrected chi connectivity index (χ3v) is 3.55. The molecule has 0 aliphatic heterocycles. The Hall–Kier alpha value is -1.72. The first-order valence-electron chi connectivity index (χ1n) is 6.50. The maximum atomic E-state index is 12.3. The summed E-state index contributed by atoms with van der Waals surface area (Å²) in [5.41, 5.74) is 7.81. The number of benzene rings is 1. The number of halogens is 1.